The quantitative estimate of drug-likeness (QED) is 0.505. The van der Waals surface area contributed by atoms with Gasteiger partial charge in [0.2, 0.25) is 0 Å². The Morgan fingerprint density at radius 3 is 2.13 bits per heavy atom. The summed E-state index contributed by atoms with van der Waals surface area (Å²) in [7, 11) is 1.87. The van der Waals surface area contributed by atoms with Crippen LogP contribution in [0.4, 0.5) is 5.69 Å². The van der Waals surface area contributed by atoms with Crippen LogP contribution in [-0.4, -0.2) is 23.8 Å². The first-order valence-electron chi connectivity index (χ1n) is 10.3. The molecule has 1 aliphatic heterocycles. The third-order valence-electron chi connectivity index (χ3n) is 5.46. The van der Waals surface area contributed by atoms with Crippen LogP contribution < -0.4 is 4.90 Å². The van der Waals surface area contributed by atoms with Crippen molar-refractivity contribution in [1.82, 2.24) is 4.90 Å². The summed E-state index contributed by atoms with van der Waals surface area (Å²) in [5, 5.41) is 1.93. The highest BCUT2D eigenvalue weighted by molar-refractivity contribution is 7.11. The zero-order chi connectivity index (χ0) is 22.2. The minimum atomic E-state index is -0.282. The molecule has 0 bridgehead atoms. The number of carbonyl (C=O) groups excluding carboxylic acids is 2. The van der Waals surface area contributed by atoms with Crippen molar-refractivity contribution in [2.45, 2.75) is 32.7 Å². The summed E-state index contributed by atoms with van der Waals surface area (Å²) >= 11 is 1.47. The van der Waals surface area contributed by atoms with E-state index in [9.17, 15) is 9.59 Å². The van der Waals surface area contributed by atoms with Crippen molar-refractivity contribution in [3.05, 3.63) is 93.8 Å². The van der Waals surface area contributed by atoms with Crippen LogP contribution in [0.2, 0.25) is 0 Å². The third kappa shape index (κ3) is 4.06. The van der Waals surface area contributed by atoms with E-state index in [0.29, 0.717) is 23.5 Å². The SMILES string of the molecule is CN(Cc1ccccc1)C1=C(c2cccs2)C(=O)N(c2ccc(C(C)(C)C)cc2)C1=O. The first-order chi connectivity index (χ1) is 14.8. The zero-order valence-electron chi connectivity index (χ0n) is 18.3. The molecule has 2 amide bonds. The average molecular weight is 431 g/mol. The fourth-order valence-electron chi connectivity index (χ4n) is 3.80. The number of amides is 2. The van der Waals surface area contributed by atoms with Crippen molar-refractivity contribution in [3.63, 3.8) is 0 Å². The van der Waals surface area contributed by atoms with E-state index >= 15 is 0 Å². The van der Waals surface area contributed by atoms with Crippen LogP contribution in [0.1, 0.15) is 36.8 Å². The number of rotatable bonds is 5. The summed E-state index contributed by atoms with van der Waals surface area (Å²) in [4.78, 5) is 31.0. The molecule has 0 saturated heterocycles. The predicted molar refractivity (Wildman–Crippen MR) is 127 cm³/mol. The summed E-state index contributed by atoms with van der Waals surface area (Å²) in [5.74, 6) is -0.554. The highest BCUT2D eigenvalue weighted by Crippen LogP contribution is 2.37. The normalized spacial score (nSPS) is 14.5. The Morgan fingerprint density at radius 2 is 1.55 bits per heavy atom. The summed E-state index contributed by atoms with van der Waals surface area (Å²) in [6.07, 6.45) is 0. The molecule has 4 nitrogen and oxygen atoms in total. The van der Waals surface area contributed by atoms with Gasteiger partial charge in [0.15, 0.2) is 0 Å². The molecule has 3 aromatic rings. The molecule has 1 aromatic heterocycles. The van der Waals surface area contributed by atoms with Crippen molar-refractivity contribution in [2.75, 3.05) is 11.9 Å². The van der Waals surface area contributed by atoms with Crippen LogP contribution in [0.25, 0.3) is 5.57 Å². The Labute approximate surface area is 187 Å². The van der Waals surface area contributed by atoms with E-state index in [1.807, 2.05) is 84.1 Å². The van der Waals surface area contributed by atoms with Crippen LogP contribution in [-0.2, 0) is 21.5 Å². The van der Waals surface area contributed by atoms with Gasteiger partial charge in [-0.2, -0.15) is 0 Å². The number of carbonyl (C=O) groups is 2. The second-order valence-corrected chi connectivity index (χ2v) is 9.73. The lowest BCUT2D eigenvalue weighted by atomic mass is 9.87. The Kier molecular flexibility index (Phi) is 5.54. The van der Waals surface area contributed by atoms with Gasteiger partial charge in [0.25, 0.3) is 11.8 Å². The summed E-state index contributed by atoms with van der Waals surface area (Å²) in [6.45, 7) is 6.96. The molecule has 5 heteroatoms. The van der Waals surface area contributed by atoms with E-state index < -0.39 is 0 Å². The Balaban J connectivity index is 1.73. The largest absolute Gasteiger partial charge is 0.365 e. The number of thiophene rings is 1. The number of likely N-dealkylation sites (N-methyl/N-ethyl adjacent to an activating group) is 1. The average Bonchev–Trinajstić information content (AvgIpc) is 3.34. The van der Waals surface area contributed by atoms with Gasteiger partial charge in [-0.05, 0) is 40.1 Å². The van der Waals surface area contributed by atoms with Gasteiger partial charge in [-0.1, -0.05) is 69.3 Å². The number of hydrogen-bond donors (Lipinski definition) is 0. The smallest absolute Gasteiger partial charge is 0.282 e. The van der Waals surface area contributed by atoms with E-state index in [1.165, 1.54) is 16.2 Å². The molecular weight excluding hydrogens is 404 g/mol. The zero-order valence-corrected chi connectivity index (χ0v) is 19.1. The molecule has 158 valence electrons. The van der Waals surface area contributed by atoms with E-state index in [0.717, 1.165) is 16.0 Å². The lowest BCUT2D eigenvalue weighted by Gasteiger charge is -2.23. The molecule has 31 heavy (non-hydrogen) atoms. The molecule has 1 aliphatic rings. The van der Waals surface area contributed by atoms with Gasteiger partial charge < -0.3 is 4.90 Å². The second-order valence-electron chi connectivity index (χ2n) is 8.79. The molecule has 0 aliphatic carbocycles. The highest BCUT2D eigenvalue weighted by Gasteiger charge is 2.42. The van der Waals surface area contributed by atoms with Gasteiger partial charge in [0.05, 0.1) is 11.3 Å². The molecule has 2 aromatic carbocycles. The van der Waals surface area contributed by atoms with Crippen LogP contribution in [0.15, 0.2) is 77.8 Å². The maximum atomic E-state index is 13.5. The number of hydrogen-bond acceptors (Lipinski definition) is 4. The van der Waals surface area contributed by atoms with E-state index in [4.69, 9.17) is 0 Å². The molecule has 0 saturated carbocycles. The summed E-state index contributed by atoms with van der Waals surface area (Å²) < 4.78 is 0. The van der Waals surface area contributed by atoms with Crippen LogP contribution in [0, 0.1) is 0 Å². The predicted octanol–water partition coefficient (Wildman–Crippen LogP) is 5.46. The third-order valence-corrected chi connectivity index (χ3v) is 6.35. The fraction of sp³-hybridized carbons (Fsp3) is 0.231. The molecule has 2 heterocycles. The van der Waals surface area contributed by atoms with Crippen molar-refractivity contribution >= 4 is 34.4 Å². The van der Waals surface area contributed by atoms with Crippen molar-refractivity contribution in [3.8, 4) is 0 Å². The Bertz CT molecular complexity index is 1120. The second kappa shape index (κ2) is 8.16. The van der Waals surface area contributed by atoms with Crippen molar-refractivity contribution in [1.29, 1.82) is 0 Å². The summed E-state index contributed by atoms with van der Waals surface area (Å²) in [6, 6.07) is 21.5. The number of benzene rings is 2. The maximum absolute atomic E-state index is 13.5. The molecule has 0 spiro atoms. The van der Waals surface area contributed by atoms with Crippen molar-refractivity contribution < 1.29 is 9.59 Å². The Morgan fingerprint density at radius 1 is 0.871 bits per heavy atom. The van der Waals surface area contributed by atoms with Crippen LogP contribution in [0.3, 0.4) is 0 Å². The van der Waals surface area contributed by atoms with E-state index in [1.54, 1.807) is 0 Å². The van der Waals surface area contributed by atoms with Gasteiger partial charge in [0, 0.05) is 18.5 Å². The molecular formula is C26H26N2O2S. The number of imide groups is 1. The standard InChI is InChI=1S/C26H26N2O2S/c1-26(2,3)19-12-14-20(15-13-19)28-24(29)22(21-11-8-16-31-21)23(25(28)30)27(4)17-18-9-6-5-7-10-18/h5-16H,17H2,1-4H3. The van der Waals surface area contributed by atoms with Gasteiger partial charge in [-0.15, -0.1) is 11.3 Å². The first-order valence-corrected chi connectivity index (χ1v) is 11.2. The van der Waals surface area contributed by atoms with Gasteiger partial charge in [-0.3, -0.25) is 9.59 Å². The van der Waals surface area contributed by atoms with Crippen molar-refractivity contribution in [2.24, 2.45) is 0 Å². The molecule has 0 fully saturated rings. The fourth-order valence-corrected chi connectivity index (χ4v) is 4.56. The van der Waals surface area contributed by atoms with Gasteiger partial charge in [-0.25, -0.2) is 4.90 Å². The minimum Gasteiger partial charge on any atom is -0.365 e. The number of nitrogens with zero attached hydrogens (tertiary/aromatic N) is 2. The van der Waals surface area contributed by atoms with E-state index in [2.05, 4.69) is 20.8 Å². The monoisotopic (exact) mass is 430 g/mol. The highest BCUT2D eigenvalue weighted by atomic mass is 32.1. The molecule has 0 N–H and O–H groups in total. The van der Waals surface area contributed by atoms with Crippen LogP contribution >= 0.6 is 11.3 Å². The first kappa shape index (κ1) is 21.1. The molecule has 0 atom stereocenters. The van der Waals surface area contributed by atoms with Gasteiger partial charge in [0.1, 0.15) is 5.70 Å². The topological polar surface area (TPSA) is 40.6 Å². The maximum Gasteiger partial charge on any atom is 0.282 e. The van der Waals surface area contributed by atoms with E-state index in [-0.39, 0.29) is 17.2 Å². The number of anilines is 1. The van der Waals surface area contributed by atoms with Gasteiger partial charge >= 0.3 is 0 Å². The Hall–Kier alpha value is -3.18. The summed E-state index contributed by atoms with van der Waals surface area (Å²) in [5.41, 5.74) is 3.74. The minimum absolute atomic E-state index is 0.000994. The van der Waals surface area contributed by atoms with Crippen LogP contribution in [0.5, 0.6) is 0 Å². The lowest BCUT2D eigenvalue weighted by molar-refractivity contribution is -0.120. The lowest BCUT2D eigenvalue weighted by Crippen LogP contribution is -2.34. The molecule has 0 radical (unpaired) electrons. The molecule has 0 unspecified atom stereocenters. The molecule has 4 rings (SSSR count).